The quantitative estimate of drug-likeness (QED) is 0.737. The van der Waals surface area contributed by atoms with Crippen LogP contribution in [0, 0.1) is 5.92 Å². The molecule has 1 fully saturated rings. The average molecular weight is 318 g/mol. The van der Waals surface area contributed by atoms with Gasteiger partial charge in [0, 0.05) is 23.7 Å². The van der Waals surface area contributed by atoms with E-state index in [4.69, 9.17) is 4.74 Å². The summed E-state index contributed by atoms with van der Waals surface area (Å²) in [7, 11) is 0. The van der Waals surface area contributed by atoms with Gasteiger partial charge in [-0.1, -0.05) is 36.4 Å². The highest BCUT2D eigenvalue weighted by Crippen LogP contribution is 2.25. The molecule has 0 saturated carbocycles. The molecule has 1 saturated heterocycles. The molecule has 3 aromatic rings. The zero-order chi connectivity index (χ0) is 16.4. The molecule has 1 unspecified atom stereocenters. The molecular weight excluding hydrogens is 300 g/mol. The molecule has 1 aliphatic heterocycles. The Kier molecular flexibility index (Phi) is 3.87. The maximum atomic E-state index is 12.6. The number of nitrogens with zero attached hydrogens (tertiary/aromatic N) is 2. The van der Waals surface area contributed by atoms with Gasteiger partial charge in [-0.3, -0.25) is 4.79 Å². The first-order valence-electron chi connectivity index (χ1n) is 8.16. The molecule has 0 aliphatic carbocycles. The lowest BCUT2D eigenvalue weighted by Gasteiger charge is -2.16. The smallest absolute Gasteiger partial charge is 0.233 e. The highest BCUT2D eigenvalue weighted by molar-refractivity contribution is 5.97. The van der Waals surface area contributed by atoms with Gasteiger partial charge in [-0.2, -0.15) is 0 Å². The van der Waals surface area contributed by atoms with Crippen molar-refractivity contribution in [3.63, 3.8) is 0 Å². The molecule has 4 heteroatoms. The summed E-state index contributed by atoms with van der Waals surface area (Å²) in [5.41, 5.74) is 1.85. The molecule has 0 spiro atoms. The van der Waals surface area contributed by atoms with Gasteiger partial charge in [0.2, 0.25) is 11.8 Å². The predicted molar refractivity (Wildman–Crippen MR) is 94.1 cm³/mol. The highest BCUT2D eigenvalue weighted by Gasteiger charge is 2.33. The van der Waals surface area contributed by atoms with Crippen LogP contribution in [0.3, 0.4) is 0 Å². The summed E-state index contributed by atoms with van der Waals surface area (Å²) in [6.07, 6.45) is 0.807. The second-order valence-corrected chi connectivity index (χ2v) is 5.96. The number of anilines is 1. The Labute approximate surface area is 140 Å². The number of pyridine rings is 1. The number of aromatic nitrogens is 1. The van der Waals surface area contributed by atoms with Crippen LogP contribution in [0.15, 0.2) is 66.7 Å². The number of para-hydroxylation sites is 2. The zero-order valence-electron chi connectivity index (χ0n) is 13.3. The normalized spacial score (nSPS) is 17.4. The van der Waals surface area contributed by atoms with Crippen molar-refractivity contribution in [2.24, 2.45) is 5.92 Å². The average Bonchev–Trinajstić information content (AvgIpc) is 3.01. The summed E-state index contributed by atoms with van der Waals surface area (Å²) in [5, 5.41) is 1.08. The van der Waals surface area contributed by atoms with Crippen molar-refractivity contribution in [1.82, 2.24) is 4.98 Å². The first-order chi connectivity index (χ1) is 11.8. The largest absolute Gasteiger partial charge is 0.477 e. The summed E-state index contributed by atoms with van der Waals surface area (Å²) >= 11 is 0. The number of benzene rings is 2. The van der Waals surface area contributed by atoms with Gasteiger partial charge < -0.3 is 9.64 Å². The van der Waals surface area contributed by atoms with E-state index in [-0.39, 0.29) is 11.8 Å². The molecular formula is C20H18N2O2. The minimum atomic E-state index is -0.113. The minimum absolute atomic E-state index is 0.113. The maximum absolute atomic E-state index is 12.6. The van der Waals surface area contributed by atoms with Gasteiger partial charge in [-0.05, 0) is 30.7 Å². The first kappa shape index (κ1) is 14.7. The fourth-order valence-electron chi connectivity index (χ4n) is 3.07. The summed E-state index contributed by atoms with van der Waals surface area (Å²) in [4.78, 5) is 18.9. The number of carbonyl (C=O) groups excluding carboxylic acids is 1. The molecule has 1 aromatic heterocycles. The molecule has 4 nitrogen and oxygen atoms in total. The number of fused-ring (bicyclic) bond motifs is 1. The second-order valence-electron chi connectivity index (χ2n) is 5.96. The number of amides is 1. The Balaban J connectivity index is 1.43. The van der Waals surface area contributed by atoms with E-state index in [1.54, 1.807) is 0 Å². The van der Waals surface area contributed by atoms with Crippen molar-refractivity contribution in [2.75, 3.05) is 18.1 Å². The van der Waals surface area contributed by atoms with Crippen molar-refractivity contribution >= 4 is 22.5 Å². The fraction of sp³-hybridized carbons (Fsp3) is 0.200. The van der Waals surface area contributed by atoms with Gasteiger partial charge in [-0.25, -0.2) is 4.98 Å². The third-order valence-corrected chi connectivity index (χ3v) is 4.39. The lowest BCUT2D eigenvalue weighted by atomic mass is 10.1. The van der Waals surface area contributed by atoms with E-state index in [9.17, 15) is 4.79 Å². The molecule has 0 N–H and O–H groups in total. The van der Waals surface area contributed by atoms with Crippen molar-refractivity contribution in [2.45, 2.75) is 6.42 Å². The van der Waals surface area contributed by atoms with Crippen LogP contribution in [0.4, 0.5) is 5.69 Å². The lowest BCUT2D eigenvalue weighted by molar-refractivity contribution is -0.121. The number of hydrogen-bond acceptors (Lipinski definition) is 3. The summed E-state index contributed by atoms with van der Waals surface area (Å²) < 4.78 is 5.79. The molecule has 2 heterocycles. The van der Waals surface area contributed by atoms with E-state index in [0.29, 0.717) is 12.5 Å². The van der Waals surface area contributed by atoms with Crippen LogP contribution in [-0.2, 0) is 4.79 Å². The second kappa shape index (κ2) is 6.32. The number of rotatable bonds is 4. The SMILES string of the molecule is O=C1C(COc2ccc3ccccc3n2)CCN1c1ccccc1. The Bertz CT molecular complexity index is 864. The van der Waals surface area contributed by atoms with Crippen LogP contribution < -0.4 is 9.64 Å². The van der Waals surface area contributed by atoms with Crippen LogP contribution in [-0.4, -0.2) is 24.0 Å². The number of hydrogen-bond donors (Lipinski definition) is 0. The van der Waals surface area contributed by atoms with Gasteiger partial charge in [0.15, 0.2) is 0 Å². The molecule has 1 amide bonds. The molecule has 2 aromatic carbocycles. The maximum Gasteiger partial charge on any atom is 0.233 e. The van der Waals surface area contributed by atoms with Crippen LogP contribution in [0.1, 0.15) is 6.42 Å². The van der Waals surface area contributed by atoms with E-state index in [1.807, 2.05) is 71.6 Å². The van der Waals surface area contributed by atoms with Crippen LogP contribution in [0.25, 0.3) is 10.9 Å². The molecule has 120 valence electrons. The van der Waals surface area contributed by atoms with Gasteiger partial charge >= 0.3 is 0 Å². The number of carbonyl (C=O) groups is 1. The lowest BCUT2D eigenvalue weighted by Crippen LogP contribution is -2.29. The highest BCUT2D eigenvalue weighted by atomic mass is 16.5. The third kappa shape index (κ3) is 2.83. The third-order valence-electron chi connectivity index (χ3n) is 4.39. The minimum Gasteiger partial charge on any atom is -0.477 e. The Morgan fingerprint density at radius 2 is 1.79 bits per heavy atom. The molecule has 4 rings (SSSR count). The summed E-state index contributed by atoms with van der Waals surface area (Å²) in [6, 6.07) is 21.5. The van der Waals surface area contributed by atoms with E-state index in [0.717, 1.165) is 29.6 Å². The van der Waals surface area contributed by atoms with E-state index in [2.05, 4.69) is 4.98 Å². The standard InChI is InChI=1S/C20H18N2O2/c23-20-16(12-13-22(20)17-7-2-1-3-8-17)14-24-19-11-10-15-6-4-5-9-18(15)21-19/h1-11,16H,12-14H2. The van der Waals surface area contributed by atoms with Gasteiger partial charge in [0.25, 0.3) is 0 Å². The number of ether oxygens (including phenoxy) is 1. The van der Waals surface area contributed by atoms with Crippen LogP contribution >= 0.6 is 0 Å². The molecule has 0 radical (unpaired) electrons. The topological polar surface area (TPSA) is 42.4 Å². The van der Waals surface area contributed by atoms with Crippen molar-refractivity contribution in [1.29, 1.82) is 0 Å². The van der Waals surface area contributed by atoms with Gasteiger partial charge in [-0.15, -0.1) is 0 Å². The molecule has 1 atom stereocenters. The molecule has 1 aliphatic rings. The summed E-state index contributed by atoms with van der Waals surface area (Å²) in [6.45, 7) is 1.11. The zero-order valence-corrected chi connectivity index (χ0v) is 13.3. The van der Waals surface area contributed by atoms with Crippen LogP contribution in [0.2, 0.25) is 0 Å². The first-order valence-corrected chi connectivity index (χ1v) is 8.16. The Morgan fingerprint density at radius 3 is 2.67 bits per heavy atom. The molecule has 0 bridgehead atoms. The summed E-state index contributed by atoms with van der Waals surface area (Å²) in [5.74, 6) is 0.583. The van der Waals surface area contributed by atoms with E-state index >= 15 is 0 Å². The van der Waals surface area contributed by atoms with Crippen molar-refractivity contribution in [3.05, 3.63) is 66.7 Å². The molecule has 24 heavy (non-hydrogen) atoms. The van der Waals surface area contributed by atoms with Crippen LogP contribution in [0.5, 0.6) is 5.88 Å². The van der Waals surface area contributed by atoms with Gasteiger partial charge in [0.1, 0.15) is 6.61 Å². The van der Waals surface area contributed by atoms with Crippen molar-refractivity contribution < 1.29 is 9.53 Å². The Hall–Kier alpha value is -2.88. The van der Waals surface area contributed by atoms with E-state index < -0.39 is 0 Å². The fourth-order valence-corrected chi connectivity index (χ4v) is 3.07. The predicted octanol–water partition coefficient (Wildman–Crippen LogP) is 3.67. The monoisotopic (exact) mass is 318 g/mol. The Morgan fingerprint density at radius 1 is 1.00 bits per heavy atom. The van der Waals surface area contributed by atoms with Gasteiger partial charge in [0.05, 0.1) is 11.4 Å². The van der Waals surface area contributed by atoms with E-state index in [1.165, 1.54) is 0 Å². The van der Waals surface area contributed by atoms with Crippen molar-refractivity contribution in [3.8, 4) is 5.88 Å².